The normalized spacial score (nSPS) is 18.1. The summed E-state index contributed by atoms with van der Waals surface area (Å²) in [6.45, 7) is 9.07. The molecule has 1 atom stereocenters. The fourth-order valence-electron chi connectivity index (χ4n) is 0.354. The Labute approximate surface area is 52.8 Å². The first kappa shape index (κ1) is 8.39. The van der Waals surface area contributed by atoms with Crippen LogP contribution in [0.5, 0.6) is 0 Å². The molecule has 0 heterocycles. The average Bonchev–Trinajstić information content (AvgIpc) is 1.62. The van der Waals surface area contributed by atoms with Crippen molar-refractivity contribution in [2.45, 2.75) is 12.8 Å². The predicted octanol–water partition coefficient (Wildman–Crippen LogP) is 1.62. The van der Waals surface area contributed by atoms with Gasteiger partial charge in [-0.25, -0.2) is 0 Å². The number of hydrogen-bond acceptors (Lipinski definition) is 1. The van der Waals surface area contributed by atoms with Crippen LogP contribution in [-0.4, -0.2) is 32.9 Å². The molecular formula is C6H17OP. The van der Waals surface area contributed by atoms with Crippen molar-refractivity contribution in [1.82, 2.24) is 0 Å². The molecule has 8 heavy (non-hydrogen) atoms. The monoisotopic (exact) mass is 136 g/mol. The van der Waals surface area contributed by atoms with Gasteiger partial charge in [0.25, 0.3) is 0 Å². The molecule has 1 nitrogen and oxygen atoms in total. The van der Waals surface area contributed by atoms with E-state index < -0.39 is 7.26 Å². The summed E-state index contributed by atoms with van der Waals surface area (Å²) in [7, 11) is 0.798. The van der Waals surface area contributed by atoms with Crippen LogP contribution >= 0.6 is 7.26 Å². The van der Waals surface area contributed by atoms with Crippen LogP contribution < -0.4 is 0 Å². The maximum absolute atomic E-state index is 5.18. The third-order valence-corrected chi connectivity index (χ3v) is 4.25. The summed E-state index contributed by atoms with van der Waals surface area (Å²) in [5.41, 5.74) is 0. The van der Waals surface area contributed by atoms with Crippen molar-refractivity contribution in [3.8, 4) is 0 Å². The third kappa shape index (κ3) is 2.64. The Bertz CT molecular complexity index is 65.4. The van der Waals surface area contributed by atoms with Crippen molar-refractivity contribution < 1.29 is 4.74 Å². The molecule has 0 fully saturated rings. The second-order valence-corrected chi connectivity index (χ2v) is 8.79. The molecule has 0 saturated heterocycles. The minimum absolute atomic E-state index is 0.488. The number of methoxy groups -OCH3 is 1. The van der Waals surface area contributed by atoms with Gasteiger partial charge in [0.2, 0.25) is 0 Å². The van der Waals surface area contributed by atoms with E-state index in [0.717, 1.165) is 0 Å². The van der Waals surface area contributed by atoms with E-state index in [1.165, 1.54) is 0 Å². The number of rotatable bonds is 2. The Hall–Kier alpha value is 0.390. The van der Waals surface area contributed by atoms with Gasteiger partial charge in [-0.1, -0.05) is 0 Å². The van der Waals surface area contributed by atoms with Gasteiger partial charge in [0.05, 0.1) is 0 Å². The van der Waals surface area contributed by atoms with Crippen LogP contribution in [0.25, 0.3) is 0 Å². The molecule has 0 radical (unpaired) electrons. The summed E-state index contributed by atoms with van der Waals surface area (Å²) in [6.07, 6.45) is 0. The summed E-state index contributed by atoms with van der Waals surface area (Å²) < 4.78 is 5.18. The van der Waals surface area contributed by atoms with Crippen LogP contribution in [0.15, 0.2) is 0 Å². The molecule has 52 valence electrons. The molecule has 0 aliphatic heterocycles. The summed E-state index contributed by atoms with van der Waals surface area (Å²) >= 11 is 0. The van der Waals surface area contributed by atoms with E-state index in [9.17, 15) is 0 Å². The van der Waals surface area contributed by atoms with Crippen molar-refractivity contribution in [3.63, 3.8) is 0 Å². The van der Waals surface area contributed by atoms with Crippen LogP contribution in [0.1, 0.15) is 6.92 Å². The maximum atomic E-state index is 5.18. The van der Waals surface area contributed by atoms with Gasteiger partial charge < -0.3 is 0 Å². The second kappa shape index (κ2) is 2.80. The van der Waals surface area contributed by atoms with Crippen LogP contribution in [0.3, 0.4) is 0 Å². The van der Waals surface area contributed by atoms with E-state index in [-0.39, 0.29) is 0 Å². The van der Waals surface area contributed by atoms with Crippen LogP contribution in [-0.2, 0) is 4.74 Å². The summed E-state index contributed by atoms with van der Waals surface area (Å²) in [5.74, 6) is 0.488. The van der Waals surface area contributed by atoms with E-state index in [0.29, 0.717) is 5.85 Å². The Kier molecular flexibility index (Phi) is 2.93. The predicted molar refractivity (Wildman–Crippen MR) is 42.6 cm³/mol. The summed E-state index contributed by atoms with van der Waals surface area (Å²) in [4.78, 5) is 0. The van der Waals surface area contributed by atoms with Gasteiger partial charge in [-0.2, -0.15) is 0 Å². The van der Waals surface area contributed by atoms with Crippen molar-refractivity contribution >= 4 is 7.26 Å². The second-order valence-electron chi connectivity index (χ2n) is 3.24. The fraction of sp³-hybridized carbons (Fsp3) is 1.00. The molecule has 0 aromatic heterocycles. The number of ether oxygens (including phenoxy) is 1. The SMILES string of the molecule is COC(C)[PH](C)(C)C. The van der Waals surface area contributed by atoms with Gasteiger partial charge in [-0.3, -0.25) is 0 Å². The molecule has 2 heteroatoms. The van der Waals surface area contributed by atoms with Gasteiger partial charge in [-0.15, -0.1) is 0 Å². The minimum atomic E-state index is -0.983. The zero-order valence-electron chi connectivity index (χ0n) is 6.49. The Morgan fingerprint density at radius 2 is 1.62 bits per heavy atom. The van der Waals surface area contributed by atoms with Gasteiger partial charge in [0.1, 0.15) is 0 Å². The molecule has 0 rings (SSSR count). The van der Waals surface area contributed by atoms with Gasteiger partial charge in [0, 0.05) is 0 Å². The molecular weight excluding hydrogens is 119 g/mol. The molecule has 0 aromatic carbocycles. The van der Waals surface area contributed by atoms with Crippen LogP contribution in [0, 0.1) is 0 Å². The van der Waals surface area contributed by atoms with Crippen LogP contribution in [0.4, 0.5) is 0 Å². The van der Waals surface area contributed by atoms with Crippen molar-refractivity contribution in [1.29, 1.82) is 0 Å². The molecule has 0 amide bonds. The van der Waals surface area contributed by atoms with E-state index >= 15 is 0 Å². The molecule has 0 spiro atoms. The standard InChI is InChI=1S/C6H17OP/c1-6(7-2)8(3,4)5/h6,8H,1-5H3. The topological polar surface area (TPSA) is 9.23 Å². The first-order valence-corrected chi connectivity index (χ1v) is 6.59. The first-order valence-electron chi connectivity index (χ1n) is 3.01. The number of hydrogen-bond donors (Lipinski definition) is 0. The zero-order valence-corrected chi connectivity index (χ0v) is 7.49. The van der Waals surface area contributed by atoms with Crippen molar-refractivity contribution in [3.05, 3.63) is 0 Å². The molecule has 0 aromatic rings. The van der Waals surface area contributed by atoms with Gasteiger partial charge in [-0.05, 0) is 0 Å². The Morgan fingerprint density at radius 3 is 1.62 bits per heavy atom. The van der Waals surface area contributed by atoms with Gasteiger partial charge >= 0.3 is 51.9 Å². The first-order chi connectivity index (χ1) is 3.48. The molecule has 0 N–H and O–H groups in total. The van der Waals surface area contributed by atoms with E-state index in [1.807, 2.05) is 0 Å². The third-order valence-electron chi connectivity index (χ3n) is 1.57. The Morgan fingerprint density at radius 1 is 1.25 bits per heavy atom. The van der Waals surface area contributed by atoms with E-state index in [1.54, 1.807) is 7.11 Å². The molecule has 0 aliphatic rings. The molecule has 0 saturated carbocycles. The van der Waals surface area contributed by atoms with Crippen molar-refractivity contribution in [2.75, 3.05) is 27.1 Å². The quantitative estimate of drug-likeness (QED) is 0.524. The van der Waals surface area contributed by atoms with Gasteiger partial charge in [0.15, 0.2) is 0 Å². The summed E-state index contributed by atoms with van der Waals surface area (Å²) in [5, 5.41) is 0. The van der Waals surface area contributed by atoms with Crippen LogP contribution in [0.2, 0.25) is 0 Å². The van der Waals surface area contributed by atoms with E-state index in [2.05, 4.69) is 26.9 Å². The molecule has 0 aliphatic carbocycles. The fourth-order valence-corrected chi connectivity index (χ4v) is 1.06. The zero-order chi connectivity index (χ0) is 6.78. The molecule has 0 bridgehead atoms. The van der Waals surface area contributed by atoms with Crippen molar-refractivity contribution in [2.24, 2.45) is 0 Å². The molecule has 1 unspecified atom stereocenters. The average molecular weight is 136 g/mol. The van der Waals surface area contributed by atoms with E-state index in [4.69, 9.17) is 4.74 Å². The summed E-state index contributed by atoms with van der Waals surface area (Å²) in [6, 6.07) is 0. The Balaban J connectivity index is 3.62.